The van der Waals surface area contributed by atoms with E-state index in [4.69, 9.17) is 27.9 Å². The molecule has 0 aliphatic carbocycles. The molecule has 1 unspecified atom stereocenters. The van der Waals surface area contributed by atoms with E-state index in [-0.39, 0.29) is 23.2 Å². The summed E-state index contributed by atoms with van der Waals surface area (Å²) in [6.07, 6.45) is -0.733. The predicted molar refractivity (Wildman–Crippen MR) is 81.4 cm³/mol. The summed E-state index contributed by atoms with van der Waals surface area (Å²) in [7, 11) is 0. The fraction of sp³-hybridized carbons (Fsp3) is 0.188. The molecule has 21 heavy (non-hydrogen) atoms. The maximum atomic E-state index is 13.5. The zero-order valence-corrected chi connectivity index (χ0v) is 12.8. The van der Waals surface area contributed by atoms with Crippen molar-refractivity contribution in [2.24, 2.45) is 0 Å². The second-order valence-corrected chi connectivity index (χ2v) is 5.38. The van der Waals surface area contributed by atoms with Gasteiger partial charge < -0.3 is 4.74 Å². The Morgan fingerprint density at radius 3 is 2.62 bits per heavy atom. The monoisotopic (exact) mass is 326 g/mol. The SMILES string of the molecule is CC(OCc1ccccc1F)C(=O)c1ccc(Cl)cc1Cl. The first kappa shape index (κ1) is 16.0. The molecule has 0 aliphatic heterocycles. The first-order chi connectivity index (χ1) is 9.99. The highest BCUT2D eigenvalue weighted by atomic mass is 35.5. The van der Waals surface area contributed by atoms with Crippen molar-refractivity contribution in [2.75, 3.05) is 0 Å². The van der Waals surface area contributed by atoms with Crippen molar-refractivity contribution in [3.8, 4) is 0 Å². The van der Waals surface area contributed by atoms with E-state index in [1.807, 2.05) is 0 Å². The number of rotatable bonds is 5. The van der Waals surface area contributed by atoms with Gasteiger partial charge in [0.1, 0.15) is 11.9 Å². The Morgan fingerprint density at radius 1 is 1.24 bits per heavy atom. The number of halogens is 3. The molecule has 2 rings (SSSR count). The van der Waals surface area contributed by atoms with Crippen LogP contribution in [0.2, 0.25) is 10.0 Å². The summed E-state index contributed by atoms with van der Waals surface area (Å²) in [5, 5.41) is 0.727. The lowest BCUT2D eigenvalue weighted by Gasteiger charge is -2.13. The van der Waals surface area contributed by atoms with Crippen molar-refractivity contribution in [2.45, 2.75) is 19.6 Å². The van der Waals surface area contributed by atoms with Crippen LogP contribution in [0.15, 0.2) is 42.5 Å². The van der Waals surface area contributed by atoms with E-state index >= 15 is 0 Å². The Balaban J connectivity index is 2.04. The highest BCUT2D eigenvalue weighted by molar-refractivity contribution is 6.37. The molecule has 5 heteroatoms. The van der Waals surface area contributed by atoms with Gasteiger partial charge in [0.05, 0.1) is 11.6 Å². The summed E-state index contributed by atoms with van der Waals surface area (Å²) in [6.45, 7) is 1.62. The highest BCUT2D eigenvalue weighted by Crippen LogP contribution is 2.23. The van der Waals surface area contributed by atoms with Crippen molar-refractivity contribution < 1.29 is 13.9 Å². The fourth-order valence-corrected chi connectivity index (χ4v) is 2.32. The van der Waals surface area contributed by atoms with Gasteiger partial charge in [0.15, 0.2) is 5.78 Å². The molecule has 0 aromatic heterocycles. The number of ether oxygens (including phenoxy) is 1. The van der Waals surface area contributed by atoms with Crippen LogP contribution >= 0.6 is 23.2 Å². The molecule has 0 bridgehead atoms. The van der Waals surface area contributed by atoms with Gasteiger partial charge in [0.25, 0.3) is 0 Å². The van der Waals surface area contributed by atoms with Crippen molar-refractivity contribution in [1.82, 2.24) is 0 Å². The van der Waals surface area contributed by atoms with Crippen LogP contribution in [0.5, 0.6) is 0 Å². The normalized spacial score (nSPS) is 12.2. The average molecular weight is 327 g/mol. The second kappa shape index (κ2) is 7.03. The van der Waals surface area contributed by atoms with Gasteiger partial charge in [-0.15, -0.1) is 0 Å². The van der Waals surface area contributed by atoms with E-state index in [2.05, 4.69) is 0 Å². The van der Waals surface area contributed by atoms with Crippen molar-refractivity contribution >= 4 is 29.0 Å². The number of ketones is 1. The first-order valence-corrected chi connectivity index (χ1v) is 7.09. The van der Waals surface area contributed by atoms with Gasteiger partial charge in [0, 0.05) is 16.1 Å². The van der Waals surface area contributed by atoms with Gasteiger partial charge in [-0.2, -0.15) is 0 Å². The minimum absolute atomic E-state index is 0.0186. The van der Waals surface area contributed by atoms with E-state index < -0.39 is 6.10 Å². The Morgan fingerprint density at radius 2 is 1.95 bits per heavy atom. The number of Topliss-reactive ketones (excluding diaryl/α,β-unsaturated/α-hetero) is 1. The molecule has 2 aromatic rings. The molecule has 0 spiro atoms. The van der Waals surface area contributed by atoms with Crippen LogP contribution in [-0.2, 0) is 11.3 Å². The molecule has 0 N–H and O–H groups in total. The summed E-state index contributed by atoms with van der Waals surface area (Å²) in [6, 6.07) is 10.9. The molecule has 0 amide bonds. The van der Waals surface area contributed by atoms with E-state index in [1.54, 1.807) is 37.3 Å². The minimum atomic E-state index is -0.733. The standard InChI is InChI=1S/C16H13Cl2FO2/c1-10(21-9-11-4-2-3-5-15(11)19)16(20)13-7-6-12(17)8-14(13)18/h2-8,10H,9H2,1H3. The fourth-order valence-electron chi connectivity index (χ4n) is 1.81. The number of hydrogen-bond acceptors (Lipinski definition) is 2. The third-order valence-corrected chi connectivity index (χ3v) is 3.56. The van der Waals surface area contributed by atoms with Crippen LogP contribution in [0, 0.1) is 5.82 Å². The van der Waals surface area contributed by atoms with Crippen LogP contribution in [0.3, 0.4) is 0 Å². The molecular formula is C16H13Cl2FO2. The number of carbonyl (C=O) groups excluding carboxylic acids is 1. The van der Waals surface area contributed by atoms with Gasteiger partial charge in [0.2, 0.25) is 0 Å². The maximum absolute atomic E-state index is 13.5. The molecule has 0 saturated carbocycles. The summed E-state index contributed by atoms with van der Waals surface area (Å²) < 4.78 is 18.9. The molecule has 0 aliphatic rings. The molecular weight excluding hydrogens is 314 g/mol. The summed E-state index contributed by atoms with van der Waals surface area (Å²) in [5.41, 5.74) is 0.737. The zero-order chi connectivity index (χ0) is 15.4. The number of benzene rings is 2. The molecule has 1 atom stereocenters. The van der Waals surface area contributed by atoms with Crippen LogP contribution in [-0.4, -0.2) is 11.9 Å². The topological polar surface area (TPSA) is 26.3 Å². The Kier molecular flexibility index (Phi) is 5.34. The molecule has 0 heterocycles. The second-order valence-electron chi connectivity index (χ2n) is 4.53. The Bertz CT molecular complexity index is 658. The third-order valence-electron chi connectivity index (χ3n) is 3.01. The van der Waals surface area contributed by atoms with Crippen molar-refractivity contribution in [3.63, 3.8) is 0 Å². The largest absolute Gasteiger partial charge is 0.366 e. The smallest absolute Gasteiger partial charge is 0.192 e. The zero-order valence-electron chi connectivity index (χ0n) is 11.3. The van der Waals surface area contributed by atoms with Gasteiger partial charge in [-0.25, -0.2) is 4.39 Å². The lowest BCUT2D eigenvalue weighted by Crippen LogP contribution is -2.21. The maximum Gasteiger partial charge on any atom is 0.192 e. The van der Waals surface area contributed by atoms with E-state index in [1.165, 1.54) is 12.1 Å². The van der Waals surface area contributed by atoms with Gasteiger partial charge >= 0.3 is 0 Å². The average Bonchev–Trinajstić information content (AvgIpc) is 2.45. The Labute approximate surface area is 132 Å². The van der Waals surface area contributed by atoms with Crippen LogP contribution in [0.25, 0.3) is 0 Å². The van der Waals surface area contributed by atoms with Gasteiger partial charge in [-0.1, -0.05) is 41.4 Å². The number of hydrogen-bond donors (Lipinski definition) is 0. The van der Waals surface area contributed by atoms with Crippen LogP contribution < -0.4 is 0 Å². The predicted octanol–water partition coefficient (Wildman–Crippen LogP) is 4.92. The summed E-state index contributed by atoms with van der Waals surface area (Å²) >= 11 is 11.8. The van der Waals surface area contributed by atoms with Crippen LogP contribution in [0.1, 0.15) is 22.8 Å². The van der Waals surface area contributed by atoms with Crippen molar-refractivity contribution in [3.05, 3.63) is 69.5 Å². The Hall–Kier alpha value is -1.42. The molecule has 2 nitrogen and oxygen atoms in total. The van der Waals surface area contributed by atoms with Crippen molar-refractivity contribution in [1.29, 1.82) is 0 Å². The van der Waals surface area contributed by atoms with E-state index in [0.717, 1.165) is 0 Å². The summed E-state index contributed by atoms with van der Waals surface area (Å²) in [5.74, 6) is -0.630. The quantitative estimate of drug-likeness (QED) is 0.729. The molecule has 2 aromatic carbocycles. The summed E-state index contributed by atoms with van der Waals surface area (Å²) in [4.78, 5) is 12.2. The highest BCUT2D eigenvalue weighted by Gasteiger charge is 2.19. The van der Waals surface area contributed by atoms with Gasteiger partial charge in [-0.3, -0.25) is 4.79 Å². The lowest BCUT2D eigenvalue weighted by molar-refractivity contribution is 0.0403. The van der Waals surface area contributed by atoms with Gasteiger partial charge in [-0.05, 0) is 31.2 Å². The lowest BCUT2D eigenvalue weighted by atomic mass is 10.1. The first-order valence-electron chi connectivity index (χ1n) is 6.33. The molecule has 0 fully saturated rings. The van der Waals surface area contributed by atoms with Crippen LogP contribution in [0.4, 0.5) is 4.39 Å². The molecule has 0 saturated heterocycles. The number of carbonyl (C=O) groups is 1. The minimum Gasteiger partial charge on any atom is -0.366 e. The van der Waals surface area contributed by atoms with E-state index in [0.29, 0.717) is 16.1 Å². The van der Waals surface area contributed by atoms with E-state index in [9.17, 15) is 9.18 Å². The molecule has 110 valence electrons. The third kappa shape index (κ3) is 4.03. The molecule has 0 radical (unpaired) electrons.